The van der Waals surface area contributed by atoms with Gasteiger partial charge in [0.15, 0.2) is 0 Å². The fourth-order valence-electron chi connectivity index (χ4n) is 4.16. The second-order valence-corrected chi connectivity index (χ2v) is 7.40. The Balaban J connectivity index is 1.43. The molecule has 1 N–H and O–H groups in total. The molecule has 0 unspecified atom stereocenters. The smallest absolute Gasteiger partial charge is 0.288 e. The van der Waals surface area contributed by atoms with Crippen LogP contribution in [-0.2, 0) is 26.6 Å². The van der Waals surface area contributed by atoms with E-state index in [1.54, 1.807) is 7.05 Å². The van der Waals surface area contributed by atoms with Gasteiger partial charge in [-0.05, 0) is 37.8 Å². The molecule has 25 heavy (non-hydrogen) atoms. The van der Waals surface area contributed by atoms with Crippen molar-refractivity contribution >= 4 is 5.91 Å². The minimum atomic E-state index is -0.148. The van der Waals surface area contributed by atoms with E-state index in [0.29, 0.717) is 5.82 Å². The van der Waals surface area contributed by atoms with Crippen LogP contribution in [0.2, 0.25) is 0 Å². The normalized spacial score (nSPS) is 19.8. The standard InChI is InChI=1S/C17H25N7O/c1-18-16(25)15-21-20-14-3-4-17(12-24(14)15)5-7-23(8-6-17)11-13-9-19-22(2)10-13/h9-10H,3-8,11-12H2,1-2H3,(H,18,25). The molecule has 0 aromatic carbocycles. The highest BCUT2D eigenvalue weighted by molar-refractivity contribution is 5.90. The van der Waals surface area contributed by atoms with Crippen molar-refractivity contribution < 1.29 is 4.79 Å². The Kier molecular flexibility index (Phi) is 4.07. The van der Waals surface area contributed by atoms with E-state index in [1.165, 1.54) is 5.56 Å². The SMILES string of the molecule is CNC(=O)c1nnc2n1CC1(CC2)CCN(Cc2cnn(C)c2)CC1. The number of nitrogens with one attached hydrogen (secondary N) is 1. The van der Waals surface area contributed by atoms with Crippen molar-refractivity contribution in [3.8, 4) is 0 Å². The minimum Gasteiger partial charge on any atom is -0.352 e. The van der Waals surface area contributed by atoms with Gasteiger partial charge in [-0.15, -0.1) is 10.2 Å². The molecule has 1 spiro atoms. The number of hydrogen-bond donors (Lipinski definition) is 1. The Hall–Kier alpha value is -2.22. The van der Waals surface area contributed by atoms with Crippen molar-refractivity contribution in [2.75, 3.05) is 20.1 Å². The molecule has 4 rings (SSSR count). The second-order valence-electron chi connectivity index (χ2n) is 7.40. The predicted octanol–water partition coefficient (Wildman–Crippen LogP) is 0.600. The van der Waals surface area contributed by atoms with Crippen molar-refractivity contribution in [2.45, 2.75) is 38.8 Å². The highest BCUT2D eigenvalue weighted by Gasteiger charge is 2.39. The van der Waals surface area contributed by atoms with Crippen LogP contribution in [0, 0.1) is 5.41 Å². The van der Waals surface area contributed by atoms with Crippen LogP contribution in [0.1, 0.15) is 41.3 Å². The molecule has 1 fully saturated rings. The topological polar surface area (TPSA) is 80.9 Å². The summed E-state index contributed by atoms with van der Waals surface area (Å²) in [6, 6.07) is 0. The molecule has 8 nitrogen and oxygen atoms in total. The number of hydrogen-bond acceptors (Lipinski definition) is 5. The lowest BCUT2D eigenvalue weighted by Crippen LogP contribution is -2.44. The highest BCUT2D eigenvalue weighted by Crippen LogP contribution is 2.41. The van der Waals surface area contributed by atoms with Crippen LogP contribution in [-0.4, -0.2) is 55.5 Å². The number of nitrogens with zero attached hydrogens (tertiary/aromatic N) is 6. The number of amides is 1. The van der Waals surface area contributed by atoms with Crippen molar-refractivity contribution in [3.63, 3.8) is 0 Å². The van der Waals surface area contributed by atoms with E-state index >= 15 is 0 Å². The van der Waals surface area contributed by atoms with Crippen LogP contribution < -0.4 is 5.32 Å². The summed E-state index contributed by atoms with van der Waals surface area (Å²) >= 11 is 0. The summed E-state index contributed by atoms with van der Waals surface area (Å²) in [4.78, 5) is 14.5. The molecule has 134 valence electrons. The van der Waals surface area contributed by atoms with E-state index in [0.717, 1.165) is 57.7 Å². The summed E-state index contributed by atoms with van der Waals surface area (Å²) in [5.74, 6) is 1.25. The lowest BCUT2D eigenvalue weighted by atomic mass is 9.73. The van der Waals surface area contributed by atoms with Crippen molar-refractivity contribution in [1.29, 1.82) is 0 Å². The molecule has 0 atom stereocenters. The first-order chi connectivity index (χ1) is 12.1. The summed E-state index contributed by atoms with van der Waals surface area (Å²) in [6.07, 6.45) is 8.39. The van der Waals surface area contributed by atoms with Crippen molar-refractivity contribution in [3.05, 3.63) is 29.6 Å². The summed E-state index contributed by atoms with van der Waals surface area (Å²) in [5, 5.41) is 15.2. The van der Waals surface area contributed by atoms with Gasteiger partial charge in [-0.1, -0.05) is 0 Å². The molecule has 2 aliphatic heterocycles. The van der Waals surface area contributed by atoms with Gasteiger partial charge in [-0.3, -0.25) is 14.4 Å². The van der Waals surface area contributed by atoms with Gasteiger partial charge in [-0.25, -0.2) is 0 Å². The van der Waals surface area contributed by atoms with E-state index in [4.69, 9.17) is 0 Å². The van der Waals surface area contributed by atoms with Gasteiger partial charge in [0.2, 0.25) is 5.82 Å². The Morgan fingerprint density at radius 1 is 1.28 bits per heavy atom. The summed E-state index contributed by atoms with van der Waals surface area (Å²) < 4.78 is 3.90. The fraction of sp³-hybridized carbons (Fsp3) is 0.647. The molecule has 2 aromatic heterocycles. The van der Waals surface area contributed by atoms with E-state index < -0.39 is 0 Å². The second kappa shape index (κ2) is 6.25. The van der Waals surface area contributed by atoms with Crippen LogP contribution in [0.5, 0.6) is 0 Å². The van der Waals surface area contributed by atoms with Gasteiger partial charge in [0.1, 0.15) is 5.82 Å². The lowest BCUT2D eigenvalue weighted by molar-refractivity contribution is 0.0618. The third kappa shape index (κ3) is 3.06. The molecule has 2 aliphatic rings. The third-order valence-electron chi connectivity index (χ3n) is 5.71. The van der Waals surface area contributed by atoms with E-state index in [-0.39, 0.29) is 11.3 Å². The van der Waals surface area contributed by atoms with Crippen LogP contribution >= 0.6 is 0 Å². The number of aryl methyl sites for hydroxylation is 2. The Morgan fingerprint density at radius 3 is 2.76 bits per heavy atom. The van der Waals surface area contributed by atoms with E-state index in [9.17, 15) is 4.79 Å². The third-order valence-corrected chi connectivity index (χ3v) is 5.71. The molecular formula is C17H25N7O. The molecule has 1 saturated heterocycles. The number of carbonyl (C=O) groups excluding carboxylic acids is 1. The first-order valence-corrected chi connectivity index (χ1v) is 8.93. The molecule has 1 amide bonds. The number of rotatable bonds is 3. The van der Waals surface area contributed by atoms with Crippen molar-refractivity contribution in [1.82, 2.24) is 34.8 Å². The van der Waals surface area contributed by atoms with Crippen molar-refractivity contribution in [2.24, 2.45) is 12.5 Å². The van der Waals surface area contributed by atoms with E-state index in [1.807, 2.05) is 22.5 Å². The largest absolute Gasteiger partial charge is 0.352 e. The highest BCUT2D eigenvalue weighted by atomic mass is 16.2. The van der Waals surface area contributed by atoms with Gasteiger partial charge < -0.3 is 9.88 Å². The Labute approximate surface area is 147 Å². The fourth-order valence-corrected chi connectivity index (χ4v) is 4.16. The minimum absolute atomic E-state index is 0.148. The lowest BCUT2D eigenvalue weighted by Gasteiger charge is -2.44. The molecule has 0 aliphatic carbocycles. The van der Waals surface area contributed by atoms with Crippen LogP contribution in [0.25, 0.3) is 0 Å². The zero-order valence-electron chi connectivity index (χ0n) is 14.9. The average Bonchev–Trinajstić information content (AvgIpc) is 3.22. The van der Waals surface area contributed by atoms with Crippen LogP contribution in [0.3, 0.4) is 0 Å². The van der Waals surface area contributed by atoms with Crippen LogP contribution in [0.4, 0.5) is 0 Å². The maximum absolute atomic E-state index is 12.0. The number of fused-ring (bicyclic) bond motifs is 1. The van der Waals surface area contributed by atoms with E-state index in [2.05, 4.69) is 31.7 Å². The first kappa shape index (κ1) is 16.3. The Morgan fingerprint density at radius 2 is 2.08 bits per heavy atom. The summed E-state index contributed by atoms with van der Waals surface area (Å²) in [6.45, 7) is 3.99. The Bertz CT molecular complexity index is 770. The zero-order chi connectivity index (χ0) is 17.4. The van der Waals surface area contributed by atoms with Gasteiger partial charge in [0.25, 0.3) is 5.91 Å². The average molecular weight is 343 g/mol. The molecule has 0 bridgehead atoms. The monoisotopic (exact) mass is 343 g/mol. The molecule has 4 heterocycles. The quantitative estimate of drug-likeness (QED) is 0.883. The predicted molar refractivity (Wildman–Crippen MR) is 91.9 cm³/mol. The molecular weight excluding hydrogens is 318 g/mol. The first-order valence-electron chi connectivity index (χ1n) is 8.93. The molecule has 8 heteroatoms. The van der Waals surface area contributed by atoms with Crippen LogP contribution in [0.15, 0.2) is 12.4 Å². The summed E-state index contributed by atoms with van der Waals surface area (Å²) in [7, 11) is 3.59. The molecule has 0 saturated carbocycles. The maximum Gasteiger partial charge on any atom is 0.288 e. The van der Waals surface area contributed by atoms with Gasteiger partial charge in [-0.2, -0.15) is 5.10 Å². The van der Waals surface area contributed by atoms with Gasteiger partial charge in [0.05, 0.1) is 6.20 Å². The maximum atomic E-state index is 12.0. The van der Waals surface area contributed by atoms with Gasteiger partial charge >= 0.3 is 0 Å². The zero-order valence-corrected chi connectivity index (χ0v) is 14.9. The number of aromatic nitrogens is 5. The molecule has 0 radical (unpaired) electrons. The van der Waals surface area contributed by atoms with Gasteiger partial charge in [0, 0.05) is 45.4 Å². The number of likely N-dealkylation sites (tertiary alicyclic amines) is 1. The molecule has 2 aromatic rings. The number of carbonyl (C=O) groups is 1. The summed E-state index contributed by atoms with van der Waals surface area (Å²) in [5.41, 5.74) is 1.54. The number of piperidine rings is 1.